The molecule has 1 aromatic rings. The third kappa shape index (κ3) is 5.87. The Morgan fingerprint density at radius 1 is 1.21 bits per heavy atom. The van der Waals surface area contributed by atoms with Gasteiger partial charge in [-0.15, -0.1) is 0 Å². The van der Waals surface area contributed by atoms with E-state index in [1.807, 2.05) is 6.07 Å². The van der Waals surface area contributed by atoms with Crippen molar-refractivity contribution in [3.8, 4) is 0 Å². The van der Waals surface area contributed by atoms with Crippen molar-refractivity contribution < 1.29 is 0 Å². The average molecular weight is 265 g/mol. The van der Waals surface area contributed by atoms with Crippen molar-refractivity contribution in [3.05, 3.63) is 11.9 Å². The number of rotatable bonds is 8. The molecule has 1 rings (SSSR count). The van der Waals surface area contributed by atoms with Crippen molar-refractivity contribution in [1.82, 2.24) is 14.9 Å². The van der Waals surface area contributed by atoms with Crippen LogP contribution in [-0.4, -0.2) is 48.1 Å². The maximum atomic E-state index is 4.53. The molecule has 0 aliphatic rings. The monoisotopic (exact) mass is 265 g/mol. The maximum Gasteiger partial charge on any atom is 0.132 e. The van der Waals surface area contributed by atoms with Crippen LogP contribution in [-0.2, 0) is 6.42 Å². The molecule has 2 N–H and O–H groups in total. The second-order valence-corrected chi connectivity index (χ2v) is 5.08. The topological polar surface area (TPSA) is 53.1 Å². The van der Waals surface area contributed by atoms with Gasteiger partial charge in [-0.3, -0.25) is 0 Å². The van der Waals surface area contributed by atoms with Gasteiger partial charge in [-0.1, -0.05) is 6.92 Å². The van der Waals surface area contributed by atoms with E-state index in [1.54, 1.807) is 0 Å². The molecule has 5 heteroatoms. The van der Waals surface area contributed by atoms with Gasteiger partial charge >= 0.3 is 0 Å². The number of nitrogens with zero attached hydrogens (tertiary/aromatic N) is 3. The molecule has 0 saturated heterocycles. The molecule has 0 aliphatic carbocycles. The van der Waals surface area contributed by atoms with Gasteiger partial charge in [0.25, 0.3) is 0 Å². The molecule has 0 aliphatic heterocycles. The summed E-state index contributed by atoms with van der Waals surface area (Å²) in [5.74, 6) is 2.69. The SMILES string of the molecule is CCNc1cc(NC(C)CCN(C)C)nc(CC)n1. The first-order valence-corrected chi connectivity index (χ1v) is 7.08. The molecule has 1 aromatic heterocycles. The highest BCUT2D eigenvalue weighted by atomic mass is 15.1. The van der Waals surface area contributed by atoms with Crippen LogP contribution < -0.4 is 10.6 Å². The van der Waals surface area contributed by atoms with Gasteiger partial charge in [-0.25, -0.2) is 9.97 Å². The van der Waals surface area contributed by atoms with E-state index < -0.39 is 0 Å². The number of aryl methyl sites for hydroxylation is 1. The summed E-state index contributed by atoms with van der Waals surface area (Å²) in [6.45, 7) is 8.27. The lowest BCUT2D eigenvalue weighted by Gasteiger charge is -2.18. The molecule has 19 heavy (non-hydrogen) atoms. The molecule has 0 bridgehead atoms. The van der Waals surface area contributed by atoms with Crippen LogP contribution in [0.2, 0.25) is 0 Å². The number of hydrogen-bond acceptors (Lipinski definition) is 5. The minimum absolute atomic E-state index is 0.400. The molecular formula is C14H27N5. The second-order valence-electron chi connectivity index (χ2n) is 5.08. The molecular weight excluding hydrogens is 238 g/mol. The van der Waals surface area contributed by atoms with Gasteiger partial charge in [0.1, 0.15) is 17.5 Å². The summed E-state index contributed by atoms with van der Waals surface area (Å²) in [5, 5.41) is 6.70. The molecule has 0 saturated carbocycles. The highest BCUT2D eigenvalue weighted by molar-refractivity contribution is 5.48. The summed E-state index contributed by atoms with van der Waals surface area (Å²) in [7, 11) is 4.19. The quantitative estimate of drug-likeness (QED) is 0.755. The van der Waals surface area contributed by atoms with Gasteiger partial charge in [-0.2, -0.15) is 0 Å². The minimum Gasteiger partial charge on any atom is -0.370 e. The normalized spacial score (nSPS) is 12.5. The third-order valence-electron chi connectivity index (χ3n) is 2.85. The van der Waals surface area contributed by atoms with Crippen molar-refractivity contribution in [1.29, 1.82) is 0 Å². The first kappa shape index (κ1) is 15.7. The maximum absolute atomic E-state index is 4.53. The highest BCUT2D eigenvalue weighted by Crippen LogP contribution is 2.13. The largest absolute Gasteiger partial charge is 0.370 e. The van der Waals surface area contributed by atoms with Crippen LogP contribution in [0.25, 0.3) is 0 Å². The summed E-state index contributed by atoms with van der Waals surface area (Å²) in [5.41, 5.74) is 0. The lowest BCUT2D eigenvalue weighted by Crippen LogP contribution is -2.23. The van der Waals surface area contributed by atoms with E-state index in [0.29, 0.717) is 6.04 Å². The second kappa shape index (κ2) is 7.94. The third-order valence-corrected chi connectivity index (χ3v) is 2.85. The lowest BCUT2D eigenvalue weighted by atomic mass is 10.2. The van der Waals surface area contributed by atoms with Crippen LogP contribution in [0.15, 0.2) is 6.07 Å². The van der Waals surface area contributed by atoms with Gasteiger partial charge in [-0.05, 0) is 40.9 Å². The van der Waals surface area contributed by atoms with Crippen LogP contribution in [0.5, 0.6) is 0 Å². The Labute approximate surface area is 116 Å². The summed E-state index contributed by atoms with van der Waals surface area (Å²) in [4.78, 5) is 11.2. The smallest absolute Gasteiger partial charge is 0.132 e. The Kier molecular flexibility index (Phi) is 6.56. The zero-order valence-electron chi connectivity index (χ0n) is 12.8. The van der Waals surface area contributed by atoms with E-state index in [4.69, 9.17) is 0 Å². The molecule has 5 nitrogen and oxygen atoms in total. The van der Waals surface area contributed by atoms with E-state index in [1.165, 1.54) is 0 Å². The van der Waals surface area contributed by atoms with Crippen LogP contribution in [0.4, 0.5) is 11.6 Å². The van der Waals surface area contributed by atoms with Crippen molar-refractivity contribution in [2.45, 2.75) is 39.7 Å². The van der Waals surface area contributed by atoms with E-state index in [9.17, 15) is 0 Å². The zero-order chi connectivity index (χ0) is 14.3. The van der Waals surface area contributed by atoms with Gasteiger partial charge in [0, 0.05) is 25.1 Å². The Morgan fingerprint density at radius 2 is 1.89 bits per heavy atom. The molecule has 0 fully saturated rings. The molecule has 1 heterocycles. The zero-order valence-corrected chi connectivity index (χ0v) is 12.8. The number of nitrogens with one attached hydrogen (secondary N) is 2. The van der Waals surface area contributed by atoms with Crippen molar-refractivity contribution in [3.63, 3.8) is 0 Å². The van der Waals surface area contributed by atoms with E-state index in [-0.39, 0.29) is 0 Å². The molecule has 0 radical (unpaired) electrons. The predicted octanol–water partition coefficient (Wildman–Crippen LogP) is 2.22. The van der Waals surface area contributed by atoms with Crippen LogP contribution in [0.3, 0.4) is 0 Å². The van der Waals surface area contributed by atoms with Gasteiger partial charge < -0.3 is 15.5 Å². The Bertz CT molecular complexity index is 378. The minimum atomic E-state index is 0.400. The molecule has 0 amide bonds. The standard InChI is InChI=1S/C14H27N5/c1-6-12-17-13(15-7-2)10-14(18-12)16-11(3)8-9-19(4)5/h10-11H,6-9H2,1-5H3,(H2,15,16,17,18). The van der Waals surface area contributed by atoms with Crippen LogP contribution in [0.1, 0.15) is 33.0 Å². The molecule has 1 unspecified atom stereocenters. The molecule has 0 aromatic carbocycles. The molecule has 1 atom stereocenters. The van der Waals surface area contributed by atoms with Crippen molar-refractivity contribution >= 4 is 11.6 Å². The van der Waals surface area contributed by atoms with Crippen molar-refractivity contribution in [2.75, 3.05) is 37.8 Å². The van der Waals surface area contributed by atoms with Gasteiger partial charge in [0.15, 0.2) is 0 Å². The average Bonchev–Trinajstić information content (AvgIpc) is 2.36. The fourth-order valence-corrected chi connectivity index (χ4v) is 1.78. The number of anilines is 2. The van der Waals surface area contributed by atoms with Gasteiger partial charge in [0.05, 0.1) is 0 Å². The Morgan fingerprint density at radius 3 is 2.47 bits per heavy atom. The highest BCUT2D eigenvalue weighted by Gasteiger charge is 2.07. The molecule has 108 valence electrons. The van der Waals surface area contributed by atoms with E-state index >= 15 is 0 Å². The lowest BCUT2D eigenvalue weighted by molar-refractivity contribution is 0.390. The van der Waals surface area contributed by atoms with Crippen LogP contribution >= 0.6 is 0 Å². The molecule has 0 spiro atoms. The summed E-state index contributed by atoms with van der Waals surface area (Å²) in [6, 6.07) is 2.38. The van der Waals surface area contributed by atoms with Crippen molar-refractivity contribution in [2.24, 2.45) is 0 Å². The summed E-state index contributed by atoms with van der Waals surface area (Å²) < 4.78 is 0. The van der Waals surface area contributed by atoms with E-state index in [2.05, 4.69) is 60.4 Å². The first-order valence-electron chi connectivity index (χ1n) is 7.08. The van der Waals surface area contributed by atoms with E-state index in [0.717, 1.165) is 43.4 Å². The number of hydrogen-bond donors (Lipinski definition) is 2. The summed E-state index contributed by atoms with van der Waals surface area (Å²) in [6.07, 6.45) is 1.94. The Hall–Kier alpha value is -1.36. The first-order chi connectivity index (χ1) is 9.05. The summed E-state index contributed by atoms with van der Waals surface area (Å²) >= 11 is 0. The fraction of sp³-hybridized carbons (Fsp3) is 0.714. The predicted molar refractivity (Wildman–Crippen MR) is 81.8 cm³/mol. The van der Waals surface area contributed by atoms with Crippen LogP contribution in [0, 0.1) is 0 Å². The number of aromatic nitrogens is 2. The van der Waals surface area contributed by atoms with Gasteiger partial charge in [0.2, 0.25) is 0 Å². The Balaban J connectivity index is 2.67. The fourth-order valence-electron chi connectivity index (χ4n) is 1.78.